The van der Waals surface area contributed by atoms with Crippen LogP contribution in [-0.4, -0.2) is 28.6 Å². The predicted octanol–water partition coefficient (Wildman–Crippen LogP) is 18.3. The maximum Gasteiger partial charge on any atom is 0.269 e. The molecule has 77 heavy (non-hydrogen) atoms. The van der Waals surface area contributed by atoms with Gasteiger partial charge in [-0.05, 0) is 177 Å². The molecule has 3 atom stereocenters. The molecular formula is C72H85BN4. The van der Waals surface area contributed by atoms with Gasteiger partial charge in [0.2, 0.25) is 0 Å². The lowest BCUT2D eigenvalue weighted by molar-refractivity contribution is 0.257. The molecule has 3 aliphatic carbocycles. The third-order valence-electron chi connectivity index (χ3n) is 18.1. The van der Waals surface area contributed by atoms with Gasteiger partial charge in [-0.2, -0.15) is 0 Å². The van der Waals surface area contributed by atoms with E-state index in [4.69, 9.17) is 6.58 Å². The van der Waals surface area contributed by atoms with Crippen LogP contribution in [0.25, 0.3) is 16.7 Å². The third kappa shape index (κ3) is 9.24. The number of fused-ring (bicyclic) bond motifs is 1. The molecule has 11 rings (SSSR count). The van der Waals surface area contributed by atoms with Crippen molar-refractivity contribution in [2.45, 2.75) is 178 Å². The van der Waals surface area contributed by atoms with Gasteiger partial charge in [0.1, 0.15) is 0 Å². The largest absolute Gasteiger partial charge is 0.366 e. The Labute approximate surface area is 465 Å². The molecule has 4 aromatic carbocycles. The van der Waals surface area contributed by atoms with Gasteiger partial charge in [-0.3, -0.25) is 0 Å². The zero-order valence-electron chi connectivity index (χ0n) is 49.1. The molecule has 0 saturated carbocycles. The highest BCUT2D eigenvalue weighted by atomic mass is 15.3. The molecule has 0 N–H and O–H groups in total. The lowest BCUT2D eigenvalue weighted by Crippen LogP contribution is -2.51. The second-order valence-electron chi connectivity index (χ2n) is 26.5. The molecule has 4 aromatic rings. The second-order valence-corrected chi connectivity index (χ2v) is 26.5. The molecule has 0 aromatic heterocycles. The first kappa shape index (κ1) is 52.7. The van der Waals surface area contributed by atoms with Gasteiger partial charge < -0.3 is 19.6 Å². The lowest BCUT2D eigenvalue weighted by atomic mass is 9.35. The van der Waals surface area contributed by atoms with E-state index in [0.717, 1.165) is 44.9 Å². The van der Waals surface area contributed by atoms with Gasteiger partial charge in [-0.25, -0.2) is 0 Å². The van der Waals surface area contributed by atoms with E-state index in [9.17, 15) is 0 Å². The molecule has 0 radical (unpaired) electrons. The topological polar surface area (TPSA) is 13.0 Å². The molecule has 1 saturated heterocycles. The SMILES string of the molecule is C=CC1C(/C=C(\C)N(C2=CCCCC2)/C(C)=C/CCCC)C2=C3B4C5=C(C=C(C(C)(C)C)CC5N31)N(C1=C(c3cc#ccc3)C=C(C(C)(C)C)CCC1)c1cc(C)cc(c14)N2c1ccc(C(C)(C)C)cc1-c1ccccc1. The summed E-state index contributed by atoms with van der Waals surface area (Å²) in [6.07, 6.45) is 27.6. The minimum Gasteiger partial charge on any atom is -0.366 e. The summed E-state index contributed by atoms with van der Waals surface area (Å²) in [5.41, 5.74) is 27.2. The summed E-state index contributed by atoms with van der Waals surface area (Å²) in [6, 6.07) is 37.0. The van der Waals surface area contributed by atoms with Gasteiger partial charge in [0.15, 0.2) is 0 Å². The molecule has 0 bridgehead atoms. The zero-order valence-corrected chi connectivity index (χ0v) is 49.1. The fraction of sp³-hybridized carbons (Fsp3) is 0.417. The average molecular weight is 1020 g/mol. The van der Waals surface area contributed by atoms with Crippen LogP contribution in [0.4, 0.5) is 17.1 Å². The molecule has 0 amide bonds. The number of rotatable bonds is 12. The first-order valence-corrected chi connectivity index (χ1v) is 29.5. The van der Waals surface area contributed by atoms with Crippen LogP contribution in [0.5, 0.6) is 0 Å². The number of hydrogen-bond acceptors (Lipinski definition) is 4. The molecule has 4 heterocycles. The number of unbranched alkanes of at least 4 members (excludes halogenated alkanes) is 2. The van der Waals surface area contributed by atoms with Crippen molar-refractivity contribution in [1.29, 1.82) is 0 Å². The fourth-order valence-corrected chi connectivity index (χ4v) is 14.2. The van der Waals surface area contributed by atoms with E-state index in [-0.39, 0.29) is 41.0 Å². The Morgan fingerprint density at radius 1 is 0.779 bits per heavy atom. The summed E-state index contributed by atoms with van der Waals surface area (Å²) >= 11 is 0. The second kappa shape index (κ2) is 20.1. The quantitative estimate of drug-likeness (QED) is 0.0796. The van der Waals surface area contributed by atoms with Crippen molar-refractivity contribution in [3.05, 3.63) is 207 Å². The average Bonchev–Trinajstić information content (AvgIpc) is 4.06. The van der Waals surface area contributed by atoms with Crippen LogP contribution in [0.1, 0.15) is 170 Å². The summed E-state index contributed by atoms with van der Waals surface area (Å²) in [5, 5.41) is 0. The minimum atomic E-state index is -0.0437. The van der Waals surface area contributed by atoms with Crippen LogP contribution in [0, 0.1) is 35.8 Å². The summed E-state index contributed by atoms with van der Waals surface area (Å²) < 4.78 is 0. The zero-order chi connectivity index (χ0) is 54.3. The Kier molecular flexibility index (Phi) is 13.8. The highest BCUT2D eigenvalue weighted by molar-refractivity contribution is 6.90. The van der Waals surface area contributed by atoms with Crippen LogP contribution in [0.3, 0.4) is 0 Å². The summed E-state index contributed by atoms with van der Waals surface area (Å²) in [4.78, 5) is 11.1. The van der Waals surface area contributed by atoms with E-state index in [1.165, 1.54) is 133 Å². The molecular weight excluding hydrogens is 932 g/mol. The first-order valence-electron chi connectivity index (χ1n) is 29.5. The van der Waals surface area contributed by atoms with Crippen LogP contribution < -0.4 is 15.3 Å². The summed E-state index contributed by atoms with van der Waals surface area (Å²) in [7, 11) is 0. The van der Waals surface area contributed by atoms with E-state index in [2.05, 4.69) is 237 Å². The number of allylic oxidation sites excluding steroid dienone is 10. The standard InChI is InChI=1S/C72H85BN4/c1-15-17-21-29-48(4)74(55-35-26-20-27-36-55)49(5)42-58-59(16-2)77-65-46-54(72(12,13)14)45-64-67(65)73-66-62(75(64)60-37-28-34-52(70(6,7)8)43-56(60)50-30-22-18-23-31-50)40-47(3)41-63(66)76(68(58)69(73)77)61-39-38-53(71(9,10)11)44-57(61)51-32-24-19-25-33-51/h16,19,22,24-25,29-33,35,38-45,58-59,65H,2,15,17,20-21,26-28,34,36-37,46H2,1,3-14H3/b48-29+,49-42+. The van der Waals surface area contributed by atoms with Gasteiger partial charge in [0.25, 0.3) is 6.71 Å². The smallest absolute Gasteiger partial charge is 0.269 e. The van der Waals surface area contributed by atoms with E-state index < -0.39 is 0 Å². The fourth-order valence-electron chi connectivity index (χ4n) is 14.2. The molecule has 0 spiro atoms. The molecule has 5 heteroatoms. The highest BCUT2D eigenvalue weighted by Gasteiger charge is 2.62. The highest BCUT2D eigenvalue weighted by Crippen LogP contribution is 2.61. The number of aryl methyl sites for hydroxylation is 1. The van der Waals surface area contributed by atoms with Gasteiger partial charge in [0.05, 0.1) is 11.7 Å². The van der Waals surface area contributed by atoms with E-state index >= 15 is 0 Å². The Balaban J connectivity index is 1.25. The predicted molar refractivity (Wildman–Crippen MR) is 329 cm³/mol. The molecule has 1 fully saturated rings. The van der Waals surface area contributed by atoms with Crippen molar-refractivity contribution >= 4 is 34.8 Å². The molecule has 7 aliphatic rings. The molecule has 396 valence electrons. The molecule has 3 unspecified atom stereocenters. The van der Waals surface area contributed by atoms with E-state index in [1.54, 1.807) is 5.47 Å². The van der Waals surface area contributed by atoms with Crippen LogP contribution in [0.2, 0.25) is 0 Å². The van der Waals surface area contributed by atoms with E-state index in [0.29, 0.717) is 0 Å². The minimum absolute atomic E-state index is 0.0232. The van der Waals surface area contributed by atoms with Crippen LogP contribution in [0.15, 0.2) is 178 Å². The monoisotopic (exact) mass is 1020 g/mol. The maximum absolute atomic E-state index is 4.85. The van der Waals surface area contributed by atoms with Crippen molar-refractivity contribution in [2.24, 2.45) is 16.7 Å². The van der Waals surface area contributed by atoms with Crippen molar-refractivity contribution in [1.82, 2.24) is 9.80 Å². The normalized spacial score (nSPS) is 21.5. The Morgan fingerprint density at radius 3 is 2.19 bits per heavy atom. The molecule has 4 aliphatic heterocycles. The number of benzene rings is 3. The number of anilines is 3. The van der Waals surface area contributed by atoms with Gasteiger partial charge in [-0.1, -0.05) is 172 Å². The third-order valence-corrected chi connectivity index (χ3v) is 18.1. The lowest BCUT2D eigenvalue weighted by Gasteiger charge is -2.47. The van der Waals surface area contributed by atoms with Gasteiger partial charge in [0, 0.05) is 74.2 Å². The van der Waals surface area contributed by atoms with Crippen molar-refractivity contribution in [3.8, 4) is 11.1 Å². The summed E-state index contributed by atoms with van der Waals surface area (Å²) in [6.45, 7) is 35.9. The maximum atomic E-state index is 4.85. The molecule has 4 nitrogen and oxygen atoms in total. The van der Waals surface area contributed by atoms with Crippen molar-refractivity contribution in [2.75, 3.05) is 9.80 Å². The van der Waals surface area contributed by atoms with Crippen LogP contribution in [-0.2, 0) is 5.41 Å². The summed E-state index contributed by atoms with van der Waals surface area (Å²) in [5.74, 6) is 0.0240. The van der Waals surface area contributed by atoms with Crippen LogP contribution >= 0.6 is 0 Å². The van der Waals surface area contributed by atoms with Gasteiger partial charge in [-0.15, -0.1) is 6.58 Å². The van der Waals surface area contributed by atoms with Crippen molar-refractivity contribution in [3.63, 3.8) is 0 Å². The Hall–Kier alpha value is -6.38. The Bertz CT molecular complexity index is 3260. The van der Waals surface area contributed by atoms with Gasteiger partial charge >= 0.3 is 0 Å². The number of hydrogen-bond donors (Lipinski definition) is 0. The van der Waals surface area contributed by atoms with E-state index in [1.807, 2.05) is 0 Å². The van der Waals surface area contributed by atoms with Crippen molar-refractivity contribution < 1.29 is 0 Å². The first-order chi connectivity index (χ1) is 36.8. The Morgan fingerprint density at radius 2 is 1.53 bits per heavy atom. The number of nitrogens with zero attached hydrogens (tertiary/aromatic N) is 4.